The molecule has 0 aromatic heterocycles. The smallest absolute Gasteiger partial charge is 0.409 e. The second kappa shape index (κ2) is 5.07. The maximum Gasteiger partial charge on any atom is 0.409 e. The Hall–Kier alpha value is -0.770. The van der Waals surface area contributed by atoms with Gasteiger partial charge in [0.1, 0.15) is 0 Å². The third-order valence-electron chi connectivity index (χ3n) is 2.45. The van der Waals surface area contributed by atoms with Crippen LogP contribution in [0.2, 0.25) is 0 Å². The van der Waals surface area contributed by atoms with Gasteiger partial charge in [-0.15, -0.1) is 0 Å². The van der Waals surface area contributed by atoms with Gasteiger partial charge in [-0.1, -0.05) is 0 Å². The van der Waals surface area contributed by atoms with Crippen LogP contribution < -0.4 is 0 Å². The predicted molar refractivity (Wildman–Crippen MR) is 48.6 cm³/mol. The Morgan fingerprint density at radius 3 is 2.46 bits per heavy atom. The number of methoxy groups -OCH3 is 2. The molecular formula is C9H17NO3. The van der Waals surface area contributed by atoms with Crippen molar-refractivity contribution in [2.45, 2.75) is 12.8 Å². The van der Waals surface area contributed by atoms with E-state index < -0.39 is 0 Å². The van der Waals surface area contributed by atoms with Crippen molar-refractivity contribution in [2.75, 3.05) is 33.9 Å². The first-order chi connectivity index (χ1) is 6.27. The highest BCUT2D eigenvalue weighted by molar-refractivity contribution is 5.67. The van der Waals surface area contributed by atoms with E-state index in [0.717, 1.165) is 32.5 Å². The zero-order valence-electron chi connectivity index (χ0n) is 8.28. The van der Waals surface area contributed by atoms with Crippen molar-refractivity contribution >= 4 is 6.09 Å². The van der Waals surface area contributed by atoms with Gasteiger partial charge in [0.25, 0.3) is 0 Å². The Morgan fingerprint density at radius 2 is 2.00 bits per heavy atom. The van der Waals surface area contributed by atoms with Crippen molar-refractivity contribution < 1.29 is 14.3 Å². The Balaban J connectivity index is 2.26. The lowest BCUT2D eigenvalue weighted by Crippen LogP contribution is -2.39. The summed E-state index contributed by atoms with van der Waals surface area (Å²) in [4.78, 5) is 12.8. The fourth-order valence-electron chi connectivity index (χ4n) is 1.65. The van der Waals surface area contributed by atoms with Crippen LogP contribution in [0.3, 0.4) is 0 Å². The molecule has 4 nitrogen and oxygen atoms in total. The number of piperidine rings is 1. The minimum atomic E-state index is -0.212. The van der Waals surface area contributed by atoms with Crippen molar-refractivity contribution in [3.63, 3.8) is 0 Å². The molecule has 0 spiro atoms. The van der Waals surface area contributed by atoms with Crippen LogP contribution in [0.15, 0.2) is 0 Å². The number of amides is 1. The molecule has 1 aliphatic rings. The third kappa shape index (κ3) is 2.88. The van der Waals surface area contributed by atoms with E-state index in [1.54, 1.807) is 12.0 Å². The van der Waals surface area contributed by atoms with Gasteiger partial charge in [-0.2, -0.15) is 0 Å². The zero-order chi connectivity index (χ0) is 9.68. The molecule has 0 unspecified atom stereocenters. The molecule has 0 aliphatic carbocycles. The molecule has 13 heavy (non-hydrogen) atoms. The van der Waals surface area contributed by atoms with E-state index in [1.807, 2.05) is 0 Å². The van der Waals surface area contributed by atoms with Gasteiger partial charge in [0, 0.05) is 26.8 Å². The van der Waals surface area contributed by atoms with Crippen molar-refractivity contribution in [2.24, 2.45) is 5.92 Å². The van der Waals surface area contributed by atoms with Gasteiger partial charge in [0.2, 0.25) is 0 Å². The normalized spacial score (nSPS) is 18.8. The van der Waals surface area contributed by atoms with Crippen molar-refractivity contribution in [3.8, 4) is 0 Å². The number of ether oxygens (including phenoxy) is 2. The molecule has 4 heteroatoms. The van der Waals surface area contributed by atoms with Crippen molar-refractivity contribution in [1.29, 1.82) is 0 Å². The second-order valence-electron chi connectivity index (χ2n) is 3.36. The first-order valence-corrected chi connectivity index (χ1v) is 4.59. The van der Waals surface area contributed by atoms with Crippen LogP contribution in [0.25, 0.3) is 0 Å². The van der Waals surface area contributed by atoms with Gasteiger partial charge in [0.15, 0.2) is 0 Å². The Labute approximate surface area is 78.8 Å². The number of hydrogen-bond donors (Lipinski definition) is 0. The van der Waals surface area contributed by atoms with Gasteiger partial charge in [0.05, 0.1) is 7.11 Å². The van der Waals surface area contributed by atoms with Gasteiger partial charge in [-0.3, -0.25) is 0 Å². The molecule has 1 fully saturated rings. The Kier molecular flexibility index (Phi) is 4.02. The highest BCUT2D eigenvalue weighted by Gasteiger charge is 2.22. The molecule has 1 rings (SSSR count). The fraction of sp³-hybridized carbons (Fsp3) is 0.889. The monoisotopic (exact) mass is 187 g/mol. The standard InChI is InChI=1S/C9H17NO3/c1-12-7-8-3-5-10(6-4-8)9(11)13-2/h8H,3-7H2,1-2H3. The molecule has 0 saturated carbocycles. The van der Waals surface area contributed by atoms with E-state index in [-0.39, 0.29) is 6.09 Å². The average molecular weight is 187 g/mol. The molecule has 0 aromatic carbocycles. The second-order valence-corrected chi connectivity index (χ2v) is 3.36. The molecule has 76 valence electrons. The Bertz CT molecular complexity index is 164. The summed E-state index contributed by atoms with van der Waals surface area (Å²) >= 11 is 0. The minimum absolute atomic E-state index is 0.212. The fourth-order valence-corrected chi connectivity index (χ4v) is 1.65. The van der Waals surface area contributed by atoms with Crippen LogP contribution in [0.1, 0.15) is 12.8 Å². The molecule has 0 atom stereocenters. The Morgan fingerprint density at radius 1 is 1.38 bits per heavy atom. The van der Waals surface area contributed by atoms with Crippen LogP contribution in [-0.4, -0.2) is 44.9 Å². The molecule has 1 amide bonds. The number of rotatable bonds is 2. The molecule has 0 radical (unpaired) electrons. The van der Waals surface area contributed by atoms with E-state index >= 15 is 0 Å². The quantitative estimate of drug-likeness (QED) is 0.650. The summed E-state index contributed by atoms with van der Waals surface area (Å²) in [6, 6.07) is 0. The maximum absolute atomic E-state index is 11.1. The van der Waals surface area contributed by atoms with E-state index in [9.17, 15) is 4.79 Å². The average Bonchev–Trinajstić information content (AvgIpc) is 2.18. The summed E-state index contributed by atoms with van der Waals surface area (Å²) in [5, 5.41) is 0. The molecule has 0 bridgehead atoms. The maximum atomic E-state index is 11.1. The lowest BCUT2D eigenvalue weighted by atomic mass is 9.98. The van der Waals surface area contributed by atoms with Crippen LogP contribution in [0.5, 0.6) is 0 Å². The molecule has 1 saturated heterocycles. The van der Waals surface area contributed by atoms with Crippen LogP contribution in [0, 0.1) is 5.92 Å². The summed E-state index contributed by atoms with van der Waals surface area (Å²) in [7, 11) is 3.14. The summed E-state index contributed by atoms with van der Waals surface area (Å²) in [6.45, 7) is 2.39. The SMILES string of the molecule is COCC1CCN(C(=O)OC)CC1. The van der Waals surface area contributed by atoms with Crippen molar-refractivity contribution in [3.05, 3.63) is 0 Å². The summed E-state index contributed by atoms with van der Waals surface area (Å²) < 4.78 is 9.71. The topological polar surface area (TPSA) is 38.8 Å². The molecule has 1 heterocycles. The molecule has 0 N–H and O–H groups in total. The largest absolute Gasteiger partial charge is 0.453 e. The number of hydrogen-bond acceptors (Lipinski definition) is 3. The van der Waals surface area contributed by atoms with Gasteiger partial charge in [-0.05, 0) is 18.8 Å². The molecular weight excluding hydrogens is 170 g/mol. The lowest BCUT2D eigenvalue weighted by Gasteiger charge is -2.30. The number of nitrogens with zero attached hydrogens (tertiary/aromatic N) is 1. The summed E-state index contributed by atoms with van der Waals surface area (Å²) in [5.74, 6) is 0.603. The van der Waals surface area contributed by atoms with Gasteiger partial charge >= 0.3 is 6.09 Å². The minimum Gasteiger partial charge on any atom is -0.453 e. The molecule has 0 aromatic rings. The predicted octanol–water partition coefficient (Wildman–Crippen LogP) is 1.11. The summed E-state index contributed by atoms with van der Waals surface area (Å²) in [6.07, 6.45) is 1.82. The van der Waals surface area contributed by atoms with E-state index in [2.05, 4.69) is 4.74 Å². The van der Waals surface area contributed by atoms with Crippen molar-refractivity contribution in [1.82, 2.24) is 4.90 Å². The highest BCUT2D eigenvalue weighted by atomic mass is 16.5. The number of carbonyl (C=O) groups is 1. The van der Waals surface area contributed by atoms with E-state index in [0.29, 0.717) is 5.92 Å². The lowest BCUT2D eigenvalue weighted by molar-refractivity contribution is 0.0813. The van der Waals surface area contributed by atoms with Gasteiger partial charge < -0.3 is 14.4 Å². The van der Waals surface area contributed by atoms with Crippen LogP contribution in [-0.2, 0) is 9.47 Å². The van der Waals surface area contributed by atoms with E-state index in [4.69, 9.17) is 4.74 Å². The molecule has 1 aliphatic heterocycles. The summed E-state index contributed by atoms with van der Waals surface area (Å²) in [5.41, 5.74) is 0. The highest BCUT2D eigenvalue weighted by Crippen LogP contribution is 2.17. The number of carbonyl (C=O) groups excluding carboxylic acids is 1. The first-order valence-electron chi connectivity index (χ1n) is 4.59. The van der Waals surface area contributed by atoms with Gasteiger partial charge in [-0.25, -0.2) is 4.79 Å². The zero-order valence-corrected chi connectivity index (χ0v) is 8.28. The third-order valence-corrected chi connectivity index (χ3v) is 2.45. The number of likely N-dealkylation sites (tertiary alicyclic amines) is 1. The van der Waals surface area contributed by atoms with E-state index in [1.165, 1.54) is 7.11 Å². The van der Waals surface area contributed by atoms with Crippen LogP contribution >= 0.6 is 0 Å². The van der Waals surface area contributed by atoms with Crippen LogP contribution in [0.4, 0.5) is 4.79 Å². The first kappa shape index (κ1) is 10.3.